The molecule has 46 heavy (non-hydrogen) atoms. The molecule has 0 spiro atoms. The summed E-state index contributed by atoms with van der Waals surface area (Å²) in [6, 6.07) is 15.5. The first-order chi connectivity index (χ1) is 22.1. The van der Waals surface area contributed by atoms with E-state index in [1.807, 2.05) is 0 Å². The summed E-state index contributed by atoms with van der Waals surface area (Å²) in [5, 5.41) is 3.27. The molecule has 4 aromatic rings. The van der Waals surface area contributed by atoms with Crippen LogP contribution < -0.4 is 25.3 Å². The predicted molar refractivity (Wildman–Crippen MR) is 165 cm³/mol. The van der Waals surface area contributed by atoms with E-state index >= 15 is 0 Å². The number of esters is 1. The number of anilines is 1. The fourth-order valence-corrected chi connectivity index (χ4v) is 5.10. The van der Waals surface area contributed by atoms with Crippen LogP contribution in [-0.4, -0.2) is 42.7 Å². The Labute approximate surface area is 263 Å². The largest absolute Gasteiger partial charge is 0.493 e. The third-order valence-corrected chi connectivity index (χ3v) is 7.57. The summed E-state index contributed by atoms with van der Waals surface area (Å²) in [5.41, 5.74) is 6.79. The third-order valence-electron chi connectivity index (χ3n) is 7.57. The van der Waals surface area contributed by atoms with Gasteiger partial charge in [0.15, 0.2) is 11.5 Å². The van der Waals surface area contributed by atoms with Crippen molar-refractivity contribution in [2.75, 3.05) is 19.0 Å². The normalized spacial score (nSPS) is 14.1. The summed E-state index contributed by atoms with van der Waals surface area (Å²) in [4.78, 5) is 29.2. The molecule has 1 fully saturated rings. The summed E-state index contributed by atoms with van der Waals surface area (Å²) in [5.74, 6) is 1.12. The molecule has 12 heteroatoms. The number of aromatic nitrogens is 1. The van der Waals surface area contributed by atoms with Crippen LogP contribution in [0.25, 0.3) is 10.9 Å². The van der Waals surface area contributed by atoms with Gasteiger partial charge in [0.05, 0.1) is 31.2 Å². The van der Waals surface area contributed by atoms with Crippen molar-refractivity contribution in [3.05, 3.63) is 84.1 Å². The van der Waals surface area contributed by atoms with Gasteiger partial charge in [-0.25, -0.2) is 0 Å². The van der Waals surface area contributed by atoms with Gasteiger partial charge in [-0.1, -0.05) is 12.1 Å². The Morgan fingerprint density at radius 3 is 2.37 bits per heavy atom. The minimum atomic E-state index is -4.44. The van der Waals surface area contributed by atoms with Crippen LogP contribution >= 0.6 is 0 Å². The van der Waals surface area contributed by atoms with E-state index in [9.17, 15) is 22.8 Å². The van der Waals surface area contributed by atoms with E-state index in [0.29, 0.717) is 39.5 Å². The summed E-state index contributed by atoms with van der Waals surface area (Å²) in [6.45, 7) is 0.174. The first-order valence-electron chi connectivity index (χ1n) is 14.9. The zero-order chi connectivity index (χ0) is 32.7. The number of rotatable bonds is 12. The zero-order valence-electron chi connectivity index (χ0n) is 25.1. The van der Waals surface area contributed by atoms with Gasteiger partial charge >= 0.3 is 12.1 Å². The molecule has 5 rings (SSSR count). The van der Waals surface area contributed by atoms with Crippen molar-refractivity contribution in [2.45, 2.75) is 56.8 Å². The van der Waals surface area contributed by atoms with Crippen molar-refractivity contribution in [3.8, 4) is 23.0 Å². The van der Waals surface area contributed by atoms with Gasteiger partial charge in [-0.2, -0.15) is 13.2 Å². The molecule has 1 atom stereocenters. The number of ether oxygens (including phenoxy) is 4. The molecule has 3 N–H and O–H groups in total. The fraction of sp³-hybridized carbons (Fsp3) is 0.324. The molecule has 1 saturated carbocycles. The van der Waals surface area contributed by atoms with Crippen LogP contribution in [0.15, 0.2) is 72.9 Å². The molecular formula is C34H34F3N3O6. The maximum absolute atomic E-state index is 12.8. The molecule has 3 aromatic carbocycles. The van der Waals surface area contributed by atoms with Gasteiger partial charge in [0.2, 0.25) is 5.91 Å². The zero-order valence-corrected chi connectivity index (χ0v) is 25.1. The van der Waals surface area contributed by atoms with Crippen LogP contribution in [0.1, 0.15) is 43.2 Å². The lowest BCUT2D eigenvalue weighted by Gasteiger charge is -2.17. The minimum Gasteiger partial charge on any atom is -0.493 e. The fourth-order valence-electron chi connectivity index (χ4n) is 5.10. The summed E-state index contributed by atoms with van der Waals surface area (Å²) in [7, 11) is 1.52. The molecular weight excluding hydrogens is 603 g/mol. The van der Waals surface area contributed by atoms with Crippen LogP contribution in [0, 0.1) is 0 Å². The summed E-state index contributed by atoms with van der Waals surface area (Å²) >= 11 is 0. The molecule has 9 nitrogen and oxygen atoms in total. The summed E-state index contributed by atoms with van der Waals surface area (Å²) < 4.78 is 61.4. The van der Waals surface area contributed by atoms with Crippen molar-refractivity contribution in [2.24, 2.45) is 5.73 Å². The number of nitrogens with two attached hydrogens (primary N) is 1. The number of benzene rings is 3. The maximum Gasteiger partial charge on any atom is 0.416 e. The topological polar surface area (TPSA) is 122 Å². The molecule has 0 bridgehead atoms. The number of methoxy groups -OCH3 is 1. The first kappa shape index (κ1) is 32.6. The second kappa shape index (κ2) is 14.5. The number of amides is 1. The predicted octanol–water partition coefficient (Wildman–Crippen LogP) is 6.82. The molecule has 1 aliphatic rings. The number of nitrogens with one attached hydrogen (secondary N) is 1. The number of pyridine rings is 1. The molecule has 0 saturated heterocycles. The van der Waals surface area contributed by atoms with E-state index in [-0.39, 0.29) is 37.1 Å². The number of fused-ring (bicyclic) bond motifs is 1. The van der Waals surface area contributed by atoms with Gasteiger partial charge in [0.1, 0.15) is 23.6 Å². The maximum atomic E-state index is 12.8. The first-order valence-corrected chi connectivity index (χ1v) is 14.9. The lowest BCUT2D eigenvalue weighted by molar-refractivity contribution is -0.150. The molecule has 1 amide bonds. The Kier molecular flexibility index (Phi) is 10.3. The number of nitrogens with zero attached hydrogens (tertiary/aromatic N) is 1. The number of hydrogen-bond acceptors (Lipinski definition) is 8. The van der Waals surface area contributed by atoms with Crippen molar-refractivity contribution in [1.29, 1.82) is 0 Å². The van der Waals surface area contributed by atoms with Crippen molar-refractivity contribution < 1.29 is 41.7 Å². The van der Waals surface area contributed by atoms with Gasteiger partial charge in [-0.05, 0) is 79.8 Å². The number of carbonyl (C=O) groups is 2. The highest BCUT2D eigenvalue weighted by atomic mass is 19.4. The Morgan fingerprint density at radius 2 is 1.70 bits per heavy atom. The Balaban J connectivity index is 1.18. The van der Waals surface area contributed by atoms with Gasteiger partial charge < -0.3 is 30.0 Å². The average Bonchev–Trinajstić information content (AvgIpc) is 3.54. The molecule has 0 radical (unpaired) electrons. The van der Waals surface area contributed by atoms with E-state index in [4.69, 9.17) is 24.7 Å². The Hall–Kier alpha value is -4.84. The smallest absolute Gasteiger partial charge is 0.416 e. The van der Waals surface area contributed by atoms with Crippen LogP contribution in [0.2, 0.25) is 0 Å². The van der Waals surface area contributed by atoms with Crippen molar-refractivity contribution in [1.82, 2.24) is 4.98 Å². The van der Waals surface area contributed by atoms with Crippen LogP contribution in [0.4, 0.5) is 18.9 Å². The highest BCUT2D eigenvalue weighted by Crippen LogP contribution is 2.37. The van der Waals surface area contributed by atoms with E-state index < -0.39 is 23.8 Å². The van der Waals surface area contributed by atoms with Gasteiger partial charge in [-0.15, -0.1) is 0 Å². The number of carbonyl (C=O) groups excluding carboxylic acids is 2. The lowest BCUT2D eigenvalue weighted by atomic mass is 10.1. The highest BCUT2D eigenvalue weighted by molar-refractivity contribution is 5.92. The van der Waals surface area contributed by atoms with Gasteiger partial charge in [0, 0.05) is 29.8 Å². The third kappa shape index (κ3) is 8.45. The van der Waals surface area contributed by atoms with Gasteiger partial charge in [0.25, 0.3) is 0 Å². The Morgan fingerprint density at radius 1 is 0.978 bits per heavy atom. The second-order valence-corrected chi connectivity index (χ2v) is 11.0. The van der Waals surface area contributed by atoms with Crippen molar-refractivity contribution >= 4 is 28.5 Å². The number of hydrogen-bond donors (Lipinski definition) is 2. The van der Waals surface area contributed by atoms with E-state index in [1.165, 1.54) is 19.2 Å². The van der Waals surface area contributed by atoms with Crippen LogP contribution in [0.5, 0.6) is 23.0 Å². The molecule has 1 aliphatic carbocycles. The lowest BCUT2D eigenvalue weighted by Crippen LogP contribution is -2.35. The van der Waals surface area contributed by atoms with E-state index in [0.717, 1.165) is 37.8 Å². The quantitative estimate of drug-likeness (QED) is 0.162. The number of halogens is 3. The molecule has 1 unspecified atom stereocenters. The minimum absolute atomic E-state index is 0.0199. The SMILES string of the molecule is COc1cc2c(Oc3ccc(CC(=O)Nc4ccc(C(F)(F)F)cc4)cc3)ccnc2cc1OCCC(N)C(=O)OC1CCCC1. The second-order valence-electron chi connectivity index (χ2n) is 11.0. The standard InChI is InChI=1S/C34H34F3N3O6/c1-43-30-19-26-28(20-31(30)44-17-15-27(38)33(42)46-24-4-2-3-5-24)39-16-14-29(26)45-25-12-6-21(7-13-25)18-32(41)40-23-10-8-22(9-11-23)34(35,36)37/h6-14,16,19-20,24,27H,2-5,15,17-18,38H2,1H3,(H,40,41). The molecule has 1 aromatic heterocycles. The molecule has 242 valence electrons. The van der Waals surface area contributed by atoms with E-state index in [1.54, 1.807) is 48.7 Å². The van der Waals surface area contributed by atoms with Crippen LogP contribution in [0.3, 0.4) is 0 Å². The summed E-state index contributed by atoms with van der Waals surface area (Å²) in [6.07, 6.45) is 1.28. The van der Waals surface area contributed by atoms with Crippen molar-refractivity contribution in [3.63, 3.8) is 0 Å². The van der Waals surface area contributed by atoms with Crippen LogP contribution in [-0.2, 0) is 26.9 Å². The average molecular weight is 638 g/mol. The Bertz CT molecular complexity index is 1660. The molecule has 0 aliphatic heterocycles. The number of alkyl halides is 3. The van der Waals surface area contributed by atoms with E-state index in [2.05, 4.69) is 10.3 Å². The molecule has 1 heterocycles. The highest BCUT2D eigenvalue weighted by Gasteiger charge is 2.30. The van der Waals surface area contributed by atoms with Gasteiger partial charge in [-0.3, -0.25) is 14.6 Å². The monoisotopic (exact) mass is 637 g/mol.